The lowest BCUT2D eigenvalue weighted by Crippen LogP contribution is -2.22. The van der Waals surface area contributed by atoms with Crippen molar-refractivity contribution in [2.45, 2.75) is 20.8 Å². The Labute approximate surface area is 146 Å². The first-order valence-corrected chi connectivity index (χ1v) is 8.52. The first-order valence-electron chi connectivity index (χ1n) is 7.73. The third kappa shape index (κ3) is 4.48. The summed E-state index contributed by atoms with van der Waals surface area (Å²) in [4.78, 5) is 14.4. The van der Waals surface area contributed by atoms with Gasteiger partial charge in [0, 0.05) is 28.9 Å². The van der Waals surface area contributed by atoms with Gasteiger partial charge in [0.25, 0.3) is 0 Å². The SMILES string of the molecule is CCN(CC)c1ccc(NC(=O)Nc2ccccc2Br)c(C)c1. The van der Waals surface area contributed by atoms with Gasteiger partial charge >= 0.3 is 6.03 Å². The van der Waals surface area contributed by atoms with Crippen LogP contribution in [0.3, 0.4) is 0 Å². The van der Waals surface area contributed by atoms with E-state index in [1.807, 2.05) is 43.3 Å². The Morgan fingerprint density at radius 1 is 1.04 bits per heavy atom. The number of hydrogen-bond donors (Lipinski definition) is 2. The van der Waals surface area contributed by atoms with E-state index in [1.54, 1.807) is 0 Å². The van der Waals surface area contributed by atoms with Crippen molar-refractivity contribution in [3.8, 4) is 0 Å². The van der Waals surface area contributed by atoms with Crippen molar-refractivity contribution in [3.63, 3.8) is 0 Å². The molecule has 4 nitrogen and oxygen atoms in total. The van der Waals surface area contributed by atoms with Gasteiger partial charge < -0.3 is 15.5 Å². The molecule has 122 valence electrons. The lowest BCUT2D eigenvalue weighted by atomic mass is 10.1. The van der Waals surface area contributed by atoms with E-state index in [1.165, 1.54) is 5.69 Å². The number of halogens is 1. The molecule has 2 aromatic rings. The van der Waals surface area contributed by atoms with Crippen LogP contribution in [0.4, 0.5) is 21.9 Å². The maximum atomic E-state index is 12.2. The maximum absolute atomic E-state index is 12.2. The Morgan fingerprint density at radius 3 is 2.30 bits per heavy atom. The van der Waals surface area contributed by atoms with Gasteiger partial charge in [-0.15, -0.1) is 0 Å². The number of para-hydroxylation sites is 1. The van der Waals surface area contributed by atoms with E-state index in [9.17, 15) is 4.79 Å². The molecule has 2 N–H and O–H groups in total. The zero-order chi connectivity index (χ0) is 16.8. The quantitative estimate of drug-likeness (QED) is 0.749. The average molecular weight is 376 g/mol. The van der Waals surface area contributed by atoms with Crippen molar-refractivity contribution in [1.82, 2.24) is 0 Å². The van der Waals surface area contributed by atoms with Gasteiger partial charge in [0.2, 0.25) is 0 Å². The van der Waals surface area contributed by atoms with Crippen molar-refractivity contribution in [2.24, 2.45) is 0 Å². The highest BCUT2D eigenvalue weighted by Crippen LogP contribution is 2.24. The van der Waals surface area contributed by atoms with Crippen LogP contribution in [0.25, 0.3) is 0 Å². The Morgan fingerprint density at radius 2 is 1.70 bits per heavy atom. The van der Waals surface area contributed by atoms with Crippen LogP contribution in [0.5, 0.6) is 0 Å². The molecule has 0 aliphatic rings. The van der Waals surface area contributed by atoms with Gasteiger partial charge in [-0.1, -0.05) is 12.1 Å². The normalized spacial score (nSPS) is 10.3. The molecule has 0 fully saturated rings. The molecule has 2 aromatic carbocycles. The van der Waals surface area contributed by atoms with E-state index in [4.69, 9.17) is 0 Å². The minimum atomic E-state index is -0.254. The van der Waals surface area contributed by atoms with Crippen LogP contribution in [-0.4, -0.2) is 19.1 Å². The summed E-state index contributed by atoms with van der Waals surface area (Å²) in [5.74, 6) is 0. The van der Waals surface area contributed by atoms with Gasteiger partial charge in [0.15, 0.2) is 0 Å². The second-order valence-corrected chi connectivity index (χ2v) is 6.08. The summed E-state index contributed by atoms with van der Waals surface area (Å²) < 4.78 is 0.851. The van der Waals surface area contributed by atoms with E-state index >= 15 is 0 Å². The molecule has 0 saturated carbocycles. The number of hydrogen-bond acceptors (Lipinski definition) is 2. The topological polar surface area (TPSA) is 44.4 Å². The van der Waals surface area contributed by atoms with Crippen LogP contribution < -0.4 is 15.5 Å². The smallest absolute Gasteiger partial charge is 0.323 e. The molecule has 0 aliphatic carbocycles. The zero-order valence-corrected chi connectivity index (χ0v) is 15.3. The number of carbonyl (C=O) groups excluding carboxylic acids is 1. The van der Waals surface area contributed by atoms with Crippen LogP contribution in [-0.2, 0) is 0 Å². The molecule has 0 unspecified atom stereocenters. The van der Waals surface area contributed by atoms with Gasteiger partial charge in [0.1, 0.15) is 0 Å². The number of amides is 2. The molecular weight excluding hydrogens is 354 g/mol. The fourth-order valence-corrected chi connectivity index (χ4v) is 2.80. The van der Waals surface area contributed by atoms with E-state index in [-0.39, 0.29) is 6.03 Å². The summed E-state index contributed by atoms with van der Waals surface area (Å²) in [6.45, 7) is 8.20. The zero-order valence-electron chi connectivity index (χ0n) is 13.7. The van der Waals surface area contributed by atoms with Crippen molar-refractivity contribution in [1.29, 1.82) is 0 Å². The second kappa shape index (κ2) is 8.02. The van der Waals surface area contributed by atoms with E-state index < -0.39 is 0 Å². The Balaban J connectivity index is 2.08. The highest BCUT2D eigenvalue weighted by molar-refractivity contribution is 9.10. The van der Waals surface area contributed by atoms with Crippen molar-refractivity contribution in [2.75, 3.05) is 28.6 Å². The lowest BCUT2D eigenvalue weighted by Gasteiger charge is -2.22. The summed E-state index contributed by atoms with van der Waals surface area (Å²) in [7, 11) is 0. The van der Waals surface area contributed by atoms with Crippen molar-refractivity contribution >= 4 is 39.0 Å². The van der Waals surface area contributed by atoms with Gasteiger partial charge in [0.05, 0.1) is 5.69 Å². The molecule has 0 atom stereocenters. The number of carbonyl (C=O) groups is 1. The standard InChI is InChI=1S/C18H22BrN3O/c1-4-22(5-2)14-10-11-16(13(3)12-14)20-18(23)21-17-9-7-6-8-15(17)19/h6-12H,4-5H2,1-3H3,(H2,20,21,23). The van der Waals surface area contributed by atoms with Crippen LogP contribution in [0.2, 0.25) is 0 Å². The summed E-state index contributed by atoms with van der Waals surface area (Å²) in [6.07, 6.45) is 0. The molecule has 0 aromatic heterocycles. The van der Waals surface area contributed by atoms with Gasteiger partial charge in [-0.3, -0.25) is 0 Å². The maximum Gasteiger partial charge on any atom is 0.323 e. The third-order valence-corrected chi connectivity index (χ3v) is 4.40. The van der Waals surface area contributed by atoms with Gasteiger partial charge in [-0.25, -0.2) is 4.79 Å². The van der Waals surface area contributed by atoms with E-state index in [0.717, 1.165) is 34.5 Å². The molecule has 0 radical (unpaired) electrons. The number of benzene rings is 2. The van der Waals surface area contributed by atoms with Crippen LogP contribution in [0, 0.1) is 6.92 Å². The first-order chi connectivity index (χ1) is 11.0. The van der Waals surface area contributed by atoms with Crippen LogP contribution in [0.15, 0.2) is 46.9 Å². The fraction of sp³-hybridized carbons (Fsp3) is 0.278. The minimum absolute atomic E-state index is 0.254. The first kappa shape index (κ1) is 17.3. The molecule has 5 heteroatoms. The molecule has 2 rings (SSSR count). The highest BCUT2D eigenvalue weighted by Gasteiger charge is 2.09. The second-order valence-electron chi connectivity index (χ2n) is 5.23. The van der Waals surface area contributed by atoms with Gasteiger partial charge in [-0.05, 0) is 72.6 Å². The number of rotatable bonds is 5. The number of anilines is 3. The van der Waals surface area contributed by atoms with Crippen LogP contribution in [0.1, 0.15) is 19.4 Å². The van der Waals surface area contributed by atoms with Crippen LogP contribution >= 0.6 is 15.9 Å². The predicted molar refractivity (Wildman–Crippen MR) is 102 cm³/mol. The summed E-state index contributed by atoms with van der Waals surface area (Å²) in [5.41, 5.74) is 3.76. The Hall–Kier alpha value is -2.01. The minimum Gasteiger partial charge on any atom is -0.372 e. The number of nitrogens with one attached hydrogen (secondary N) is 2. The largest absolute Gasteiger partial charge is 0.372 e. The molecule has 23 heavy (non-hydrogen) atoms. The lowest BCUT2D eigenvalue weighted by molar-refractivity contribution is 0.262. The Kier molecular flexibility index (Phi) is 6.04. The number of nitrogens with zero attached hydrogens (tertiary/aromatic N) is 1. The molecule has 0 aliphatic heterocycles. The summed E-state index contributed by atoms with van der Waals surface area (Å²) in [6, 6.07) is 13.3. The molecule has 0 spiro atoms. The highest BCUT2D eigenvalue weighted by atomic mass is 79.9. The fourth-order valence-electron chi connectivity index (χ4n) is 2.41. The summed E-state index contributed by atoms with van der Waals surface area (Å²) in [5, 5.41) is 5.74. The monoisotopic (exact) mass is 375 g/mol. The number of urea groups is 1. The molecule has 2 amide bonds. The number of aryl methyl sites for hydroxylation is 1. The van der Waals surface area contributed by atoms with Gasteiger partial charge in [-0.2, -0.15) is 0 Å². The molecule has 0 bridgehead atoms. The molecule has 0 saturated heterocycles. The molecular formula is C18H22BrN3O. The summed E-state index contributed by atoms with van der Waals surface area (Å²) >= 11 is 3.42. The predicted octanol–water partition coefficient (Wildman–Crippen LogP) is 5.25. The van der Waals surface area contributed by atoms with E-state index in [2.05, 4.69) is 51.4 Å². The third-order valence-electron chi connectivity index (χ3n) is 3.71. The van der Waals surface area contributed by atoms with Crippen molar-refractivity contribution < 1.29 is 4.79 Å². The average Bonchev–Trinajstić information content (AvgIpc) is 2.53. The molecule has 0 heterocycles. The van der Waals surface area contributed by atoms with Crippen molar-refractivity contribution in [3.05, 3.63) is 52.5 Å². The van der Waals surface area contributed by atoms with E-state index in [0.29, 0.717) is 0 Å². The Bertz CT molecular complexity index is 684.